The van der Waals surface area contributed by atoms with Crippen molar-refractivity contribution in [3.05, 3.63) is 31.4 Å². The summed E-state index contributed by atoms with van der Waals surface area (Å²) in [6, 6.07) is 0. The number of halogens is 1. The lowest BCUT2D eigenvalue weighted by Gasteiger charge is -2.36. The van der Waals surface area contributed by atoms with Gasteiger partial charge < -0.3 is 14.7 Å². The smallest absolute Gasteiger partial charge is 0.337 e. The zero-order chi connectivity index (χ0) is 22.2. The fraction of sp³-hybridized carbons (Fsp3) is 0.667. The number of hydrogen-bond acceptors (Lipinski definition) is 3. The van der Waals surface area contributed by atoms with E-state index in [1.807, 2.05) is 39.5 Å². The van der Waals surface area contributed by atoms with Crippen LogP contribution >= 0.6 is 22.6 Å². The Labute approximate surface area is 193 Å². The molecule has 0 aromatic heterocycles. The number of carbonyl (C=O) groups excluding carboxylic acids is 1. The van der Waals surface area contributed by atoms with Gasteiger partial charge >= 0.3 is 5.97 Å². The van der Waals surface area contributed by atoms with Gasteiger partial charge in [0.2, 0.25) is 5.91 Å². The SMILES string of the molecule is Cc1c(I)c(C(OC(C)(C)C)C(=O)O)c(C)c2c1CN(CC1CCCCC1)C(=O)C2. The summed E-state index contributed by atoms with van der Waals surface area (Å²) in [4.78, 5) is 27.1. The minimum atomic E-state index is -1.05. The lowest BCUT2D eigenvalue weighted by atomic mass is 9.84. The molecule has 1 unspecified atom stereocenters. The summed E-state index contributed by atoms with van der Waals surface area (Å²) in [5, 5.41) is 9.91. The second kappa shape index (κ2) is 9.15. The number of rotatable bonds is 5. The van der Waals surface area contributed by atoms with Crippen LogP contribution in [0, 0.1) is 23.3 Å². The van der Waals surface area contributed by atoms with Crippen LogP contribution in [0.5, 0.6) is 0 Å². The molecule has 0 bridgehead atoms. The van der Waals surface area contributed by atoms with Gasteiger partial charge in [0.05, 0.1) is 12.0 Å². The molecule has 0 spiro atoms. The van der Waals surface area contributed by atoms with Gasteiger partial charge in [0.1, 0.15) is 0 Å². The summed E-state index contributed by atoms with van der Waals surface area (Å²) in [7, 11) is 0. The molecule has 1 atom stereocenters. The standard InChI is InChI=1S/C24H34INO4/c1-14-17-11-19(27)26(12-16-9-7-6-8-10-16)13-18(17)15(2)21(25)20(14)22(23(28)29)30-24(3,4)5/h16,22H,6-13H2,1-5H3,(H,28,29). The van der Waals surface area contributed by atoms with Gasteiger partial charge in [-0.3, -0.25) is 4.79 Å². The summed E-state index contributed by atoms with van der Waals surface area (Å²) in [6.45, 7) is 11.1. The highest BCUT2D eigenvalue weighted by molar-refractivity contribution is 14.1. The van der Waals surface area contributed by atoms with Gasteiger partial charge in [-0.2, -0.15) is 0 Å². The molecule has 1 aliphatic heterocycles. The third kappa shape index (κ3) is 5.01. The molecule has 6 heteroatoms. The largest absolute Gasteiger partial charge is 0.479 e. The fourth-order valence-electron chi connectivity index (χ4n) is 4.86. The van der Waals surface area contributed by atoms with Crippen LogP contribution in [0.4, 0.5) is 0 Å². The van der Waals surface area contributed by atoms with Crippen LogP contribution in [0.2, 0.25) is 0 Å². The summed E-state index contributed by atoms with van der Waals surface area (Å²) < 4.78 is 6.88. The van der Waals surface area contributed by atoms with E-state index >= 15 is 0 Å². The number of carboxylic acids is 1. The van der Waals surface area contributed by atoms with Crippen LogP contribution in [0.1, 0.15) is 86.8 Å². The molecule has 1 amide bonds. The van der Waals surface area contributed by atoms with E-state index in [2.05, 4.69) is 22.6 Å². The van der Waals surface area contributed by atoms with E-state index in [0.717, 1.165) is 26.8 Å². The molecule has 0 saturated heterocycles. The number of carboxylic acid groups (broad SMARTS) is 1. The lowest BCUT2D eigenvalue weighted by Crippen LogP contribution is -2.41. The quantitative estimate of drug-likeness (QED) is 0.527. The van der Waals surface area contributed by atoms with E-state index in [1.54, 1.807) is 0 Å². The Kier molecular flexibility index (Phi) is 7.17. The number of aliphatic carboxylic acids is 1. The normalized spacial score (nSPS) is 19.0. The van der Waals surface area contributed by atoms with Gasteiger partial charge in [0, 0.05) is 22.2 Å². The first-order valence-electron chi connectivity index (χ1n) is 11.0. The monoisotopic (exact) mass is 527 g/mol. The molecule has 2 aliphatic rings. The second-order valence-electron chi connectivity index (χ2n) is 9.84. The Bertz CT molecular complexity index is 837. The summed E-state index contributed by atoms with van der Waals surface area (Å²) in [5.41, 5.74) is 4.27. The molecule has 166 valence electrons. The van der Waals surface area contributed by atoms with Crippen molar-refractivity contribution >= 4 is 34.5 Å². The van der Waals surface area contributed by atoms with Crippen LogP contribution in [-0.2, 0) is 27.3 Å². The number of nitrogens with zero attached hydrogens (tertiary/aromatic N) is 1. The van der Waals surface area contributed by atoms with E-state index in [4.69, 9.17) is 4.74 Å². The molecular formula is C24H34INO4. The minimum absolute atomic E-state index is 0.159. The lowest BCUT2D eigenvalue weighted by molar-refractivity contribution is -0.160. The number of benzene rings is 1. The fourth-order valence-corrected chi connectivity index (χ4v) is 5.87. The maximum absolute atomic E-state index is 13.0. The molecule has 1 heterocycles. The van der Waals surface area contributed by atoms with Crippen LogP contribution in [0.3, 0.4) is 0 Å². The van der Waals surface area contributed by atoms with Crippen molar-refractivity contribution in [3.63, 3.8) is 0 Å². The molecule has 1 aromatic carbocycles. The number of amides is 1. The van der Waals surface area contributed by atoms with Gasteiger partial charge in [-0.15, -0.1) is 0 Å². The van der Waals surface area contributed by atoms with Gasteiger partial charge in [0.15, 0.2) is 6.10 Å². The minimum Gasteiger partial charge on any atom is -0.479 e. The highest BCUT2D eigenvalue weighted by Gasteiger charge is 2.35. The van der Waals surface area contributed by atoms with Gasteiger partial charge in [0.25, 0.3) is 0 Å². The van der Waals surface area contributed by atoms with E-state index in [1.165, 1.54) is 37.7 Å². The van der Waals surface area contributed by atoms with Crippen molar-refractivity contribution in [2.24, 2.45) is 5.92 Å². The molecule has 1 fully saturated rings. The maximum Gasteiger partial charge on any atom is 0.337 e. The summed E-state index contributed by atoms with van der Waals surface area (Å²) >= 11 is 2.26. The second-order valence-corrected chi connectivity index (χ2v) is 10.9. The highest BCUT2D eigenvalue weighted by Crippen LogP contribution is 2.39. The van der Waals surface area contributed by atoms with Crippen molar-refractivity contribution in [1.29, 1.82) is 0 Å². The summed E-state index contributed by atoms with van der Waals surface area (Å²) in [5.74, 6) is -0.224. The molecule has 3 rings (SSSR count). The molecule has 0 radical (unpaired) electrons. The first-order valence-corrected chi connectivity index (χ1v) is 12.1. The highest BCUT2D eigenvalue weighted by atomic mass is 127. The molecule has 1 aliphatic carbocycles. The van der Waals surface area contributed by atoms with Gasteiger partial charge in [-0.1, -0.05) is 19.3 Å². The third-order valence-corrected chi connectivity index (χ3v) is 7.82. The van der Waals surface area contributed by atoms with E-state index in [9.17, 15) is 14.7 Å². The van der Waals surface area contributed by atoms with Crippen molar-refractivity contribution in [2.45, 2.75) is 91.4 Å². The molecule has 30 heavy (non-hydrogen) atoms. The predicted molar refractivity (Wildman–Crippen MR) is 126 cm³/mol. The van der Waals surface area contributed by atoms with Crippen molar-refractivity contribution in [3.8, 4) is 0 Å². The first-order chi connectivity index (χ1) is 14.0. The molecule has 1 N–H and O–H groups in total. The van der Waals surface area contributed by atoms with Crippen LogP contribution in [-0.4, -0.2) is 34.0 Å². The number of carbonyl (C=O) groups is 2. The van der Waals surface area contributed by atoms with E-state index in [0.29, 0.717) is 24.4 Å². The van der Waals surface area contributed by atoms with Crippen molar-refractivity contribution < 1.29 is 19.4 Å². The molecule has 1 aromatic rings. The topological polar surface area (TPSA) is 66.8 Å². The Balaban J connectivity index is 1.97. The summed E-state index contributed by atoms with van der Waals surface area (Å²) in [6.07, 6.45) is 5.59. The Morgan fingerprint density at radius 3 is 2.37 bits per heavy atom. The molecular weight excluding hydrogens is 493 g/mol. The Morgan fingerprint density at radius 2 is 1.80 bits per heavy atom. The van der Waals surface area contributed by atoms with E-state index in [-0.39, 0.29) is 5.91 Å². The number of ether oxygens (including phenoxy) is 1. The Hall–Kier alpha value is -1.15. The van der Waals surface area contributed by atoms with E-state index < -0.39 is 17.7 Å². The van der Waals surface area contributed by atoms with Gasteiger partial charge in [-0.05, 0) is 98.2 Å². The average molecular weight is 527 g/mol. The first kappa shape index (κ1) is 23.5. The van der Waals surface area contributed by atoms with Crippen LogP contribution in [0.15, 0.2) is 0 Å². The zero-order valence-corrected chi connectivity index (χ0v) is 21.0. The zero-order valence-electron chi connectivity index (χ0n) is 18.8. The average Bonchev–Trinajstić information content (AvgIpc) is 2.66. The molecule has 1 saturated carbocycles. The number of fused-ring (bicyclic) bond motifs is 1. The third-order valence-electron chi connectivity index (χ3n) is 6.43. The van der Waals surface area contributed by atoms with Crippen LogP contribution < -0.4 is 0 Å². The van der Waals surface area contributed by atoms with Gasteiger partial charge in [-0.25, -0.2) is 4.79 Å². The predicted octanol–water partition coefficient (Wildman–Crippen LogP) is 5.31. The van der Waals surface area contributed by atoms with Crippen molar-refractivity contribution in [2.75, 3.05) is 6.54 Å². The molecule has 5 nitrogen and oxygen atoms in total. The Morgan fingerprint density at radius 1 is 1.17 bits per heavy atom. The number of hydrogen-bond donors (Lipinski definition) is 1. The van der Waals surface area contributed by atoms with Crippen molar-refractivity contribution in [1.82, 2.24) is 4.90 Å². The van der Waals surface area contributed by atoms with Crippen LogP contribution in [0.25, 0.3) is 0 Å². The maximum atomic E-state index is 13.0.